The Bertz CT molecular complexity index is 976. The number of sulfonamides is 1. The lowest BCUT2D eigenvalue weighted by molar-refractivity contribution is -0.146. The maximum Gasteiger partial charge on any atom is 0.395 e. The van der Waals surface area contributed by atoms with Crippen molar-refractivity contribution in [1.82, 2.24) is 10.3 Å². The molecule has 1 saturated heterocycles. The molecule has 164 valence electrons. The summed E-state index contributed by atoms with van der Waals surface area (Å²) in [6.07, 6.45) is -4.40. The summed E-state index contributed by atoms with van der Waals surface area (Å²) in [7, 11) is -2.65. The Morgan fingerprint density at radius 3 is 2.33 bits per heavy atom. The molecule has 0 bridgehead atoms. The summed E-state index contributed by atoms with van der Waals surface area (Å²) in [5, 5.41) is 3.24. The van der Waals surface area contributed by atoms with Crippen molar-refractivity contribution in [3.05, 3.63) is 42.0 Å². The quantitative estimate of drug-likeness (QED) is 0.713. The molecular formula is C19H23F3N4O3S. The molecule has 1 atom stereocenters. The number of rotatable bonds is 6. The van der Waals surface area contributed by atoms with Gasteiger partial charge in [0.1, 0.15) is 11.5 Å². The molecular weight excluding hydrogens is 421 g/mol. The Balaban J connectivity index is 1.80. The lowest BCUT2D eigenvalue weighted by Crippen LogP contribution is -2.43. The van der Waals surface area contributed by atoms with Gasteiger partial charge in [-0.2, -0.15) is 18.2 Å². The van der Waals surface area contributed by atoms with Crippen LogP contribution in [0.3, 0.4) is 0 Å². The largest absolute Gasteiger partial charge is 0.479 e. The van der Waals surface area contributed by atoms with Gasteiger partial charge in [-0.25, -0.2) is 8.42 Å². The maximum atomic E-state index is 12.8. The second-order valence-corrected chi connectivity index (χ2v) is 8.58. The van der Waals surface area contributed by atoms with E-state index < -0.39 is 22.1 Å². The number of halogens is 3. The van der Waals surface area contributed by atoms with E-state index in [1.807, 2.05) is 0 Å². The SMILES string of the molecule is COc1nc(N2CCNCC2)ccc1NS(=O)(=O)c1ccc([C@@H](C)C(F)(F)F)cc1. The Morgan fingerprint density at radius 1 is 1.13 bits per heavy atom. The third-order valence-corrected chi connectivity index (χ3v) is 6.29. The van der Waals surface area contributed by atoms with Crippen LogP contribution in [0.5, 0.6) is 5.88 Å². The molecule has 0 spiro atoms. The van der Waals surface area contributed by atoms with Gasteiger partial charge in [0, 0.05) is 26.2 Å². The van der Waals surface area contributed by atoms with Crippen molar-refractivity contribution in [2.24, 2.45) is 0 Å². The van der Waals surface area contributed by atoms with Crippen molar-refractivity contribution in [1.29, 1.82) is 0 Å². The summed E-state index contributed by atoms with van der Waals surface area (Å²) in [4.78, 5) is 6.28. The predicted molar refractivity (Wildman–Crippen MR) is 108 cm³/mol. The number of hydrogen-bond donors (Lipinski definition) is 2. The van der Waals surface area contributed by atoms with E-state index in [0.29, 0.717) is 5.82 Å². The van der Waals surface area contributed by atoms with Crippen LogP contribution in [0.15, 0.2) is 41.3 Å². The molecule has 30 heavy (non-hydrogen) atoms. The lowest BCUT2D eigenvalue weighted by atomic mass is 10.0. The Kier molecular flexibility index (Phi) is 6.41. The second-order valence-electron chi connectivity index (χ2n) is 6.90. The van der Waals surface area contributed by atoms with Gasteiger partial charge in [-0.1, -0.05) is 12.1 Å². The topological polar surface area (TPSA) is 83.6 Å². The van der Waals surface area contributed by atoms with Crippen molar-refractivity contribution in [2.45, 2.75) is 23.9 Å². The van der Waals surface area contributed by atoms with Crippen LogP contribution in [0.25, 0.3) is 0 Å². The van der Waals surface area contributed by atoms with Gasteiger partial charge in [0.05, 0.1) is 17.9 Å². The van der Waals surface area contributed by atoms with Crippen LogP contribution in [-0.4, -0.2) is 52.9 Å². The molecule has 0 saturated carbocycles. The van der Waals surface area contributed by atoms with E-state index in [1.165, 1.54) is 7.11 Å². The number of aromatic nitrogens is 1. The first-order valence-corrected chi connectivity index (χ1v) is 10.8. The zero-order chi connectivity index (χ0) is 21.9. The first-order chi connectivity index (χ1) is 14.1. The van der Waals surface area contributed by atoms with E-state index in [-0.39, 0.29) is 22.0 Å². The molecule has 7 nitrogen and oxygen atoms in total. The number of benzene rings is 1. The van der Waals surface area contributed by atoms with Crippen molar-refractivity contribution >= 4 is 21.5 Å². The maximum absolute atomic E-state index is 12.8. The summed E-state index contributed by atoms with van der Waals surface area (Å²) >= 11 is 0. The highest BCUT2D eigenvalue weighted by atomic mass is 32.2. The summed E-state index contributed by atoms with van der Waals surface area (Å²) < 4.78 is 71.6. The zero-order valence-electron chi connectivity index (χ0n) is 16.5. The van der Waals surface area contributed by atoms with E-state index in [4.69, 9.17) is 4.74 Å². The molecule has 0 aliphatic carbocycles. The standard InChI is InChI=1S/C19H23F3N4O3S/c1-13(19(20,21)22)14-3-5-15(6-4-14)30(27,28)25-16-7-8-17(24-18(16)29-2)26-11-9-23-10-12-26/h3-8,13,23,25H,9-12H2,1-2H3/t13-/m1/s1. The smallest absolute Gasteiger partial charge is 0.395 e. The number of hydrogen-bond acceptors (Lipinski definition) is 6. The normalized spacial score (nSPS) is 16.2. The molecule has 1 fully saturated rings. The highest BCUT2D eigenvalue weighted by molar-refractivity contribution is 7.92. The van der Waals surface area contributed by atoms with Gasteiger partial charge in [-0.15, -0.1) is 0 Å². The Morgan fingerprint density at radius 2 is 1.77 bits per heavy atom. The first-order valence-electron chi connectivity index (χ1n) is 9.32. The highest BCUT2D eigenvalue weighted by Gasteiger charge is 2.37. The van der Waals surface area contributed by atoms with E-state index in [0.717, 1.165) is 57.4 Å². The highest BCUT2D eigenvalue weighted by Crippen LogP contribution is 2.35. The Hall–Kier alpha value is -2.53. The van der Waals surface area contributed by atoms with Gasteiger partial charge in [0.2, 0.25) is 5.88 Å². The minimum absolute atomic E-state index is 0.0129. The number of methoxy groups -OCH3 is 1. The molecule has 3 rings (SSSR count). The van der Waals surface area contributed by atoms with Crippen molar-refractivity contribution in [3.63, 3.8) is 0 Å². The van der Waals surface area contributed by atoms with Crippen molar-refractivity contribution < 1.29 is 26.3 Å². The van der Waals surface area contributed by atoms with Crippen LogP contribution in [0.2, 0.25) is 0 Å². The molecule has 0 radical (unpaired) electrons. The van der Waals surface area contributed by atoms with Gasteiger partial charge in [0.25, 0.3) is 10.0 Å². The number of nitrogens with one attached hydrogen (secondary N) is 2. The molecule has 2 N–H and O–H groups in total. The average molecular weight is 444 g/mol. The minimum Gasteiger partial charge on any atom is -0.479 e. The van der Waals surface area contributed by atoms with E-state index >= 15 is 0 Å². The van der Waals surface area contributed by atoms with Crippen LogP contribution < -0.4 is 19.7 Å². The summed E-state index contributed by atoms with van der Waals surface area (Å²) in [5.41, 5.74) is 0.130. The summed E-state index contributed by atoms with van der Waals surface area (Å²) in [6, 6.07) is 7.87. The van der Waals surface area contributed by atoms with Crippen LogP contribution in [0.1, 0.15) is 18.4 Å². The molecule has 2 heterocycles. The number of alkyl halides is 3. The molecule has 1 aromatic heterocycles. The minimum atomic E-state index is -4.40. The molecule has 1 aliphatic heterocycles. The first kappa shape index (κ1) is 22.2. The van der Waals surface area contributed by atoms with Crippen LogP contribution >= 0.6 is 0 Å². The molecule has 2 aromatic rings. The second kappa shape index (κ2) is 8.68. The fourth-order valence-corrected chi connectivity index (χ4v) is 4.12. The summed E-state index contributed by atoms with van der Waals surface area (Å²) in [6.45, 7) is 4.20. The number of anilines is 2. The number of ether oxygens (including phenoxy) is 1. The average Bonchev–Trinajstić information content (AvgIpc) is 2.73. The van der Waals surface area contributed by atoms with Crippen LogP contribution in [0, 0.1) is 0 Å². The molecule has 1 aromatic carbocycles. The predicted octanol–water partition coefficient (Wildman–Crippen LogP) is 2.97. The summed E-state index contributed by atoms with van der Waals surface area (Å²) in [5.74, 6) is -0.914. The van der Waals surface area contributed by atoms with E-state index in [9.17, 15) is 21.6 Å². The third kappa shape index (κ3) is 4.96. The monoisotopic (exact) mass is 444 g/mol. The van der Waals surface area contributed by atoms with Crippen molar-refractivity contribution in [3.8, 4) is 5.88 Å². The van der Waals surface area contributed by atoms with Gasteiger partial charge in [-0.05, 0) is 36.8 Å². The number of nitrogens with zero attached hydrogens (tertiary/aromatic N) is 2. The molecule has 11 heteroatoms. The van der Waals surface area contributed by atoms with Crippen molar-refractivity contribution in [2.75, 3.05) is 42.9 Å². The van der Waals surface area contributed by atoms with E-state index in [1.54, 1.807) is 12.1 Å². The lowest BCUT2D eigenvalue weighted by Gasteiger charge is -2.28. The van der Waals surface area contributed by atoms with Crippen LogP contribution in [-0.2, 0) is 10.0 Å². The van der Waals surface area contributed by atoms with Gasteiger partial charge >= 0.3 is 6.18 Å². The zero-order valence-corrected chi connectivity index (χ0v) is 17.3. The van der Waals surface area contributed by atoms with Crippen LogP contribution in [0.4, 0.5) is 24.7 Å². The number of pyridine rings is 1. The third-order valence-electron chi connectivity index (χ3n) is 4.91. The van der Waals surface area contributed by atoms with Gasteiger partial charge < -0.3 is 15.0 Å². The fourth-order valence-electron chi connectivity index (χ4n) is 3.06. The molecule has 0 unspecified atom stereocenters. The molecule has 1 aliphatic rings. The molecule has 0 amide bonds. The fraction of sp³-hybridized carbons (Fsp3) is 0.421. The Labute approximate surface area is 173 Å². The number of piperazine rings is 1. The van der Waals surface area contributed by atoms with E-state index in [2.05, 4.69) is 19.9 Å². The van der Waals surface area contributed by atoms with Gasteiger partial charge in [0.15, 0.2) is 0 Å². The van der Waals surface area contributed by atoms with Gasteiger partial charge in [-0.3, -0.25) is 4.72 Å².